The van der Waals surface area contributed by atoms with Gasteiger partial charge in [0.15, 0.2) is 0 Å². The molecule has 0 atom stereocenters. The van der Waals surface area contributed by atoms with E-state index in [-0.39, 0.29) is 11.7 Å². The van der Waals surface area contributed by atoms with E-state index in [0.29, 0.717) is 18.6 Å². The van der Waals surface area contributed by atoms with Crippen LogP contribution in [-0.4, -0.2) is 61.5 Å². The van der Waals surface area contributed by atoms with Crippen molar-refractivity contribution < 1.29 is 9.18 Å². The Bertz CT molecular complexity index is 1030. The quantitative estimate of drug-likeness (QED) is 0.647. The highest BCUT2D eigenvalue weighted by Crippen LogP contribution is 2.16. The van der Waals surface area contributed by atoms with Gasteiger partial charge in [0.25, 0.3) is 5.78 Å². The summed E-state index contributed by atoms with van der Waals surface area (Å²) in [6.45, 7) is 8.00. The Morgan fingerprint density at radius 1 is 1.10 bits per heavy atom. The predicted octanol–water partition coefficient (Wildman–Crippen LogP) is 2.55. The number of aromatic nitrogens is 4. The van der Waals surface area contributed by atoms with Gasteiger partial charge in [-0.05, 0) is 49.9 Å². The van der Waals surface area contributed by atoms with Crippen LogP contribution in [0.3, 0.4) is 0 Å². The summed E-state index contributed by atoms with van der Waals surface area (Å²) < 4.78 is 14.8. The lowest BCUT2D eigenvalue weighted by Crippen LogP contribution is -2.35. The number of benzene rings is 1. The molecule has 0 spiro atoms. The number of fused-ring (bicyclic) bond motifs is 1. The molecular weight excluding hydrogens is 383 g/mol. The van der Waals surface area contributed by atoms with Crippen molar-refractivity contribution in [2.45, 2.75) is 39.7 Å². The maximum Gasteiger partial charge on any atom is 0.252 e. The summed E-state index contributed by atoms with van der Waals surface area (Å²) in [6.07, 6.45) is 3.55. The van der Waals surface area contributed by atoms with E-state index in [4.69, 9.17) is 0 Å². The van der Waals surface area contributed by atoms with Crippen LogP contribution in [0.2, 0.25) is 0 Å². The van der Waals surface area contributed by atoms with Crippen molar-refractivity contribution in [3.8, 4) is 0 Å². The van der Waals surface area contributed by atoms with E-state index in [2.05, 4.69) is 20.0 Å². The van der Waals surface area contributed by atoms with E-state index in [1.807, 2.05) is 30.9 Å². The van der Waals surface area contributed by atoms with Crippen molar-refractivity contribution in [1.29, 1.82) is 0 Å². The van der Waals surface area contributed by atoms with Crippen LogP contribution in [0.25, 0.3) is 5.78 Å². The first-order chi connectivity index (χ1) is 14.5. The molecule has 0 radical (unpaired) electrons. The Morgan fingerprint density at radius 3 is 2.70 bits per heavy atom. The topological polar surface area (TPSA) is 66.6 Å². The molecule has 0 aliphatic carbocycles. The first-order valence-corrected chi connectivity index (χ1v) is 10.4. The van der Waals surface area contributed by atoms with Gasteiger partial charge < -0.3 is 4.90 Å². The van der Waals surface area contributed by atoms with Crippen LogP contribution < -0.4 is 0 Å². The number of aryl methyl sites for hydroxylation is 2. The molecule has 30 heavy (non-hydrogen) atoms. The van der Waals surface area contributed by atoms with Gasteiger partial charge in [-0.3, -0.25) is 9.69 Å². The summed E-state index contributed by atoms with van der Waals surface area (Å²) in [5.74, 6) is 0.556. The third kappa shape index (κ3) is 4.48. The monoisotopic (exact) mass is 410 g/mol. The van der Waals surface area contributed by atoms with Gasteiger partial charge in [0.05, 0.1) is 0 Å². The fraction of sp³-hybridized carbons (Fsp3) is 0.455. The van der Waals surface area contributed by atoms with E-state index in [1.165, 1.54) is 18.5 Å². The zero-order chi connectivity index (χ0) is 21.1. The van der Waals surface area contributed by atoms with Gasteiger partial charge in [0, 0.05) is 50.5 Å². The number of halogens is 1. The molecule has 0 bridgehead atoms. The molecule has 1 aromatic carbocycles. The van der Waals surface area contributed by atoms with Gasteiger partial charge in [-0.15, -0.1) is 0 Å². The highest BCUT2D eigenvalue weighted by atomic mass is 19.1. The average molecular weight is 410 g/mol. The number of carbonyl (C=O) groups is 1. The summed E-state index contributed by atoms with van der Waals surface area (Å²) in [4.78, 5) is 25.8. The SMILES string of the molecule is Cc1nc2ncnn2c(C)c1CCC(=O)N1CCCN(Cc2ccc(F)cc2)CC1. The lowest BCUT2D eigenvalue weighted by Gasteiger charge is -2.22. The van der Waals surface area contributed by atoms with Gasteiger partial charge in [-0.25, -0.2) is 13.9 Å². The Balaban J connectivity index is 1.34. The number of hydrogen-bond acceptors (Lipinski definition) is 5. The molecule has 0 saturated carbocycles. The molecule has 0 unspecified atom stereocenters. The van der Waals surface area contributed by atoms with Crippen molar-refractivity contribution in [1.82, 2.24) is 29.4 Å². The number of rotatable bonds is 5. The van der Waals surface area contributed by atoms with Crippen molar-refractivity contribution in [2.75, 3.05) is 26.2 Å². The molecule has 4 rings (SSSR count). The highest BCUT2D eigenvalue weighted by molar-refractivity contribution is 5.76. The third-order valence-corrected chi connectivity index (χ3v) is 5.84. The van der Waals surface area contributed by atoms with Crippen LogP contribution in [0.4, 0.5) is 4.39 Å². The highest BCUT2D eigenvalue weighted by Gasteiger charge is 2.20. The van der Waals surface area contributed by atoms with Gasteiger partial charge in [-0.2, -0.15) is 10.1 Å². The van der Waals surface area contributed by atoms with E-state index in [9.17, 15) is 9.18 Å². The van der Waals surface area contributed by atoms with Crippen molar-refractivity contribution in [3.05, 3.63) is 58.9 Å². The first-order valence-electron chi connectivity index (χ1n) is 10.4. The molecule has 1 aliphatic heterocycles. The number of nitrogens with zero attached hydrogens (tertiary/aromatic N) is 6. The van der Waals surface area contributed by atoms with E-state index in [0.717, 1.165) is 61.7 Å². The van der Waals surface area contributed by atoms with Crippen molar-refractivity contribution in [2.24, 2.45) is 0 Å². The molecule has 1 fully saturated rings. The van der Waals surface area contributed by atoms with Gasteiger partial charge in [0.2, 0.25) is 5.91 Å². The first kappa shape index (κ1) is 20.4. The molecule has 7 nitrogen and oxygen atoms in total. The van der Waals surface area contributed by atoms with Gasteiger partial charge >= 0.3 is 0 Å². The van der Waals surface area contributed by atoms with Crippen molar-refractivity contribution >= 4 is 11.7 Å². The normalized spacial score (nSPS) is 15.5. The Labute approximate surface area is 175 Å². The molecule has 2 aromatic heterocycles. The van der Waals surface area contributed by atoms with Crippen LogP contribution in [0.1, 0.15) is 35.4 Å². The Hall–Kier alpha value is -2.87. The lowest BCUT2D eigenvalue weighted by molar-refractivity contribution is -0.131. The van der Waals surface area contributed by atoms with Crippen LogP contribution >= 0.6 is 0 Å². The Kier molecular flexibility index (Phi) is 6.03. The minimum absolute atomic E-state index is 0.177. The molecule has 1 aliphatic rings. The summed E-state index contributed by atoms with van der Waals surface area (Å²) in [5, 5.41) is 4.22. The second-order valence-electron chi connectivity index (χ2n) is 7.87. The lowest BCUT2D eigenvalue weighted by atomic mass is 10.1. The largest absolute Gasteiger partial charge is 0.341 e. The van der Waals surface area contributed by atoms with E-state index in [1.54, 1.807) is 4.52 Å². The minimum Gasteiger partial charge on any atom is -0.341 e. The molecular formula is C22H27FN6O. The molecule has 1 saturated heterocycles. The molecule has 0 N–H and O–H groups in total. The number of hydrogen-bond donors (Lipinski definition) is 0. The standard InChI is InChI=1S/C22H27FN6O/c1-16-20(17(2)29-22(26-16)24-15-25-29)8-9-21(30)28-11-3-10-27(12-13-28)14-18-4-6-19(23)7-5-18/h4-7,15H,3,8-14H2,1-2H3. The van der Waals surface area contributed by atoms with Crippen LogP contribution in [-0.2, 0) is 17.8 Å². The summed E-state index contributed by atoms with van der Waals surface area (Å²) >= 11 is 0. The fourth-order valence-electron chi connectivity index (χ4n) is 4.13. The minimum atomic E-state index is -0.213. The summed E-state index contributed by atoms with van der Waals surface area (Å²) in [7, 11) is 0. The molecule has 3 aromatic rings. The summed E-state index contributed by atoms with van der Waals surface area (Å²) in [6, 6.07) is 6.65. The van der Waals surface area contributed by atoms with Gasteiger partial charge in [-0.1, -0.05) is 12.1 Å². The zero-order valence-corrected chi connectivity index (χ0v) is 17.5. The molecule has 1 amide bonds. The van der Waals surface area contributed by atoms with E-state index >= 15 is 0 Å². The van der Waals surface area contributed by atoms with Crippen LogP contribution in [0.5, 0.6) is 0 Å². The van der Waals surface area contributed by atoms with Crippen LogP contribution in [0, 0.1) is 19.7 Å². The second kappa shape index (κ2) is 8.87. The molecule has 3 heterocycles. The number of amides is 1. The second-order valence-corrected chi connectivity index (χ2v) is 7.87. The molecule has 158 valence electrons. The van der Waals surface area contributed by atoms with Crippen LogP contribution in [0.15, 0.2) is 30.6 Å². The maximum atomic E-state index is 13.1. The summed E-state index contributed by atoms with van der Waals surface area (Å²) in [5.41, 5.74) is 4.05. The van der Waals surface area contributed by atoms with Crippen molar-refractivity contribution in [3.63, 3.8) is 0 Å². The predicted molar refractivity (Wildman–Crippen MR) is 111 cm³/mol. The third-order valence-electron chi connectivity index (χ3n) is 5.84. The Morgan fingerprint density at radius 2 is 1.90 bits per heavy atom. The average Bonchev–Trinajstić information content (AvgIpc) is 3.07. The fourth-order valence-corrected chi connectivity index (χ4v) is 4.13. The maximum absolute atomic E-state index is 13.1. The van der Waals surface area contributed by atoms with Gasteiger partial charge in [0.1, 0.15) is 12.1 Å². The van der Waals surface area contributed by atoms with E-state index < -0.39 is 0 Å². The zero-order valence-electron chi connectivity index (χ0n) is 17.5. The molecule has 8 heteroatoms. The smallest absolute Gasteiger partial charge is 0.252 e. The number of carbonyl (C=O) groups excluding carboxylic acids is 1.